The fraction of sp³-hybridized carbons (Fsp3) is 0.273. The van der Waals surface area contributed by atoms with Crippen LogP contribution in [0.4, 0.5) is 5.82 Å². The molecule has 1 aliphatic heterocycles. The quantitative estimate of drug-likeness (QED) is 0.625. The number of nitrogens with two attached hydrogens (primary N) is 1. The van der Waals surface area contributed by atoms with Crippen molar-refractivity contribution in [2.45, 2.75) is 12.8 Å². The number of anilines is 1. The van der Waals surface area contributed by atoms with Crippen LogP contribution in [-0.2, 0) is 17.6 Å². The third-order valence-electron chi connectivity index (χ3n) is 5.76. The van der Waals surface area contributed by atoms with Crippen molar-refractivity contribution in [3.05, 3.63) is 63.9 Å². The molecule has 0 saturated carbocycles. The molecular formula is C22H21ClN6O3. The normalized spacial score (nSPS) is 15.1. The highest BCUT2D eigenvalue weighted by molar-refractivity contribution is 6.34. The second-order valence-electron chi connectivity index (χ2n) is 7.67. The standard InChI is InChI=1S/C22H21ClN6O3/c23-17-12-25-18(28-7-9-32-10-8-28)11-16(17)22(31)27-29-20-14-4-2-1-3-13(14)5-6-15(20)19(26-29)21(24)30/h1-4,11-12H,5-10H2,(H2,24,30)(H,27,31). The number of pyridine rings is 1. The van der Waals surface area contributed by atoms with Gasteiger partial charge in [-0.15, -0.1) is 5.10 Å². The Morgan fingerprint density at radius 1 is 1.16 bits per heavy atom. The lowest BCUT2D eigenvalue weighted by Crippen LogP contribution is -2.37. The molecule has 5 rings (SSSR count). The van der Waals surface area contributed by atoms with Crippen LogP contribution in [0.3, 0.4) is 0 Å². The minimum atomic E-state index is -0.634. The van der Waals surface area contributed by atoms with Gasteiger partial charge in [0.2, 0.25) is 0 Å². The summed E-state index contributed by atoms with van der Waals surface area (Å²) in [4.78, 5) is 32.9. The number of halogens is 1. The number of ether oxygens (including phenoxy) is 1. The van der Waals surface area contributed by atoms with Gasteiger partial charge < -0.3 is 15.4 Å². The number of primary amides is 1. The first kappa shape index (κ1) is 20.5. The monoisotopic (exact) mass is 452 g/mol. The summed E-state index contributed by atoms with van der Waals surface area (Å²) >= 11 is 6.31. The zero-order valence-corrected chi connectivity index (χ0v) is 17.9. The minimum absolute atomic E-state index is 0.157. The van der Waals surface area contributed by atoms with Crippen molar-refractivity contribution < 1.29 is 14.3 Å². The summed E-state index contributed by atoms with van der Waals surface area (Å²) < 4.78 is 5.38. The summed E-state index contributed by atoms with van der Waals surface area (Å²) in [5, 5.41) is 4.54. The van der Waals surface area contributed by atoms with Crippen molar-refractivity contribution >= 4 is 29.2 Å². The van der Waals surface area contributed by atoms with E-state index in [1.807, 2.05) is 29.2 Å². The number of nitrogens with one attached hydrogen (secondary N) is 1. The van der Waals surface area contributed by atoms with Gasteiger partial charge >= 0.3 is 0 Å². The Morgan fingerprint density at radius 3 is 2.72 bits per heavy atom. The third-order valence-corrected chi connectivity index (χ3v) is 6.06. The molecule has 0 bridgehead atoms. The molecule has 2 aliphatic rings. The molecule has 2 aromatic heterocycles. The SMILES string of the molecule is NC(=O)c1nn(NC(=O)c2cc(N3CCOCC3)ncc2Cl)c2c1CCc1ccccc1-2. The topological polar surface area (TPSA) is 115 Å². The van der Waals surface area contributed by atoms with Gasteiger partial charge in [-0.1, -0.05) is 35.9 Å². The van der Waals surface area contributed by atoms with Gasteiger partial charge in [-0.05, 0) is 24.5 Å². The Kier molecular flexibility index (Phi) is 5.28. The molecule has 0 unspecified atom stereocenters. The average molecular weight is 453 g/mol. The Bertz CT molecular complexity index is 1220. The van der Waals surface area contributed by atoms with E-state index in [1.165, 1.54) is 11.0 Å². The van der Waals surface area contributed by atoms with Gasteiger partial charge in [0.25, 0.3) is 11.8 Å². The van der Waals surface area contributed by atoms with Crippen LogP contribution in [0.1, 0.15) is 32.0 Å². The molecule has 1 aliphatic carbocycles. The number of nitrogens with zero attached hydrogens (tertiary/aromatic N) is 4. The summed E-state index contributed by atoms with van der Waals surface area (Å²) in [7, 11) is 0. The number of morpholine rings is 1. The fourth-order valence-corrected chi connectivity index (χ4v) is 4.38. The van der Waals surface area contributed by atoms with Crippen LogP contribution >= 0.6 is 11.6 Å². The van der Waals surface area contributed by atoms with E-state index in [-0.39, 0.29) is 16.3 Å². The van der Waals surface area contributed by atoms with Crippen molar-refractivity contribution in [2.24, 2.45) is 5.73 Å². The van der Waals surface area contributed by atoms with Gasteiger partial charge in [-0.3, -0.25) is 9.59 Å². The molecule has 0 spiro atoms. The Morgan fingerprint density at radius 2 is 1.94 bits per heavy atom. The van der Waals surface area contributed by atoms with Crippen LogP contribution in [0.5, 0.6) is 0 Å². The second-order valence-corrected chi connectivity index (χ2v) is 8.08. The summed E-state index contributed by atoms with van der Waals surface area (Å²) in [6, 6.07) is 9.49. The third kappa shape index (κ3) is 3.59. The fourth-order valence-electron chi connectivity index (χ4n) is 4.20. The van der Waals surface area contributed by atoms with E-state index in [0.29, 0.717) is 44.2 Å². The number of aryl methyl sites for hydroxylation is 1. The van der Waals surface area contributed by atoms with E-state index < -0.39 is 11.8 Å². The zero-order chi connectivity index (χ0) is 22.2. The van der Waals surface area contributed by atoms with Crippen molar-refractivity contribution in [3.63, 3.8) is 0 Å². The molecule has 0 radical (unpaired) electrons. The molecule has 3 aromatic rings. The van der Waals surface area contributed by atoms with Gasteiger partial charge in [-0.2, -0.15) is 4.79 Å². The Balaban J connectivity index is 1.51. The predicted molar refractivity (Wildman–Crippen MR) is 120 cm³/mol. The number of carbonyl (C=O) groups is 2. The van der Waals surface area contributed by atoms with Crippen LogP contribution in [0.25, 0.3) is 11.3 Å². The van der Waals surface area contributed by atoms with E-state index in [9.17, 15) is 9.59 Å². The largest absolute Gasteiger partial charge is 0.378 e. The van der Waals surface area contributed by atoms with Crippen molar-refractivity contribution in [1.29, 1.82) is 0 Å². The van der Waals surface area contributed by atoms with Crippen LogP contribution in [-0.4, -0.2) is 53.0 Å². The maximum Gasteiger partial charge on any atom is 0.273 e. The lowest BCUT2D eigenvalue weighted by atomic mass is 9.89. The molecule has 3 N–H and O–H groups in total. The number of aromatic nitrogens is 3. The number of carbonyl (C=O) groups excluding carboxylic acids is 2. The first-order valence-corrected chi connectivity index (χ1v) is 10.7. The number of hydrogen-bond acceptors (Lipinski definition) is 6. The van der Waals surface area contributed by atoms with Crippen LogP contribution < -0.4 is 16.1 Å². The average Bonchev–Trinajstić information content (AvgIpc) is 3.19. The molecule has 0 atom stereocenters. The van der Waals surface area contributed by atoms with Crippen molar-refractivity contribution in [2.75, 3.05) is 36.6 Å². The minimum Gasteiger partial charge on any atom is -0.378 e. The first-order valence-electron chi connectivity index (χ1n) is 10.3. The van der Waals surface area contributed by atoms with E-state index >= 15 is 0 Å². The Labute approximate surface area is 189 Å². The number of benzene rings is 1. The summed E-state index contributed by atoms with van der Waals surface area (Å²) in [6.45, 7) is 2.56. The molecule has 1 fully saturated rings. The molecule has 1 saturated heterocycles. The predicted octanol–water partition coefficient (Wildman–Crippen LogP) is 2.02. The van der Waals surface area contributed by atoms with Gasteiger partial charge in [0, 0.05) is 30.4 Å². The molecule has 2 amide bonds. The Hall–Kier alpha value is -3.43. The van der Waals surface area contributed by atoms with Crippen LogP contribution in [0.15, 0.2) is 36.5 Å². The van der Waals surface area contributed by atoms with Crippen molar-refractivity contribution in [1.82, 2.24) is 14.9 Å². The summed E-state index contributed by atoms with van der Waals surface area (Å²) in [5.41, 5.74) is 12.2. The second kappa shape index (κ2) is 8.25. The number of rotatable bonds is 4. The molecule has 1 aromatic carbocycles. The van der Waals surface area contributed by atoms with Gasteiger partial charge in [0.15, 0.2) is 5.69 Å². The van der Waals surface area contributed by atoms with E-state index in [1.54, 1.807) is 6.07 Å². The van der Waals surface area contributed by atoms with Gasteiger partial charge in [0.1, 0.15) is 5.82 Å². The highest BCUT2D eigenvalue weighted by atomic mass is 35.5. The lowest BCUT2D eigenvalue weighted by Gasteiger charge is -2.28. The number of hydrogen-bond donors (Lipinski definition) is 2. The molecule has 3 heterocycles. The van der Waals surface area contributed by atoms with Gasteiger partial charge in [-0.25, -0.2) is 10.4 Å². The first-order chi connectivity index (χ1) is 15.5. The molecule has 10 heteroatoms. The lowest BCUT2D eigenvalue weighted by molar-refractivity contribution is 0.0983. The smallest absolute Gasteiger partial charge is 0.273 e. The molecular weight excluding hydrogens is 432 g/mol. The highest BCUT2D eigenvalue weighted by Gasteiger charge is 2.28. The maximum atomic E-state index is 13.2. The van der Waals surface area contributed by atoms with Gasteiger partial charge in [0.05, 0.1) is 29.5 Å². The van der Waals surface area contributed by atoms with E-state index in [4.69, 9.17) is 22.1 Å². The van der Waals surface area contributed by atoms with E-state index in [2.05, 4.69) is 15.5 Å². The summed E-state index contributed by atoms with van der Waals surface area (Å²) in [5.74, 6) is -0.449. The number of amides is 2. The van der Waals surface area contributed by atoms with Crippen LogP contribution in [0, 0.1) is 0 Å². The molecule has 164 valence electrons. The van der Waals surface area contributed by atoms with E-state index in [0.717, 1.165) is 23.1 Å². The zero-order valence-electron chi connectivity index (χ0n) is 17.2. The highest BCUT2D eigenvalue weighted by Crippen LogP contribution is 2.35. The molecule has 32 heavy (non-hydrogen) atoms. The number of fused-ring (bicyclic) bond motifs is 3. The van der Waals surface area contributed by atoms with Crippen LogP contribution in [0.2, 0.25) is 5.02 Å². The summed E-state index contributed by atoms with van der Waals surface area (Å²) in [6.07, 6.45) is 2.84. The molecule has 9 nitrogen and oxygen atoms in total. The maximum absolute atomic E-state index is 13.2. The van der Waals surface area contributed by atoms with Crippen molar-refractivity contribution in [3.8, 4) is 11.3 Å².